The van der Waals surface area contributed by atoms with Crippen LogP contribution in [0.15, 0.2) is 18.2 Å². The van der Waals surface area contributed by atoms with Crippen molar-refractivity contribution in [1.29, 1.82) is 0 Å². The number of nitrogens with one attached hydrogen (secondary N) is 2. The minimum Gasteiger partial charge on any atom is -0.399 e. The second kappa shape index (κ2) is 5.27. The molecule has 0 saturated carbocycles. The molecular weight excluding hydrogens is 270 g/mol. The molecule has 3 amide bonds. The summed E-state index contributed by atoms with van der Waals surface area (Å²) in [6.07, 6.45) is 0.470. The van der Waals surface area contributed by atoms with E-state index in [1.165, 1.54) is 12.1 Å². The van der Waals surface area contributed by atoms with Gasteiger partial charge in [0.2, 0.25) is 11.8 Å². The average Bonchev–Trinajstić information content (AvgIpc) is 2.35. The summed E-state index contributed by atoms with van der Waals surface area (Å²) in [5, 5.41) is 4.94. The lowest BCUT2D eigenvalue weighted by atomic mass is 10.1. The van der Waals surface area contributed by atoms with Crippen LogP contribution in [0.4, 0.5) is 5.69 Å². The highest BCUT2D eigenvalue weighted by Crippen LogP contribution is 2.19. The van der Waals surface area contributed by atoms with Crippen LogP contribution in [0, 0.1) is 0 Å². The van der Waals surface area contributed by atoms with Crippen molar-refractivity contribution in [2.24, 2.45) is 0 Å². The Labute approximate surface area is 114 Å². The van der Waals surface area contributed by atoms with E-state index in [2.05, 4.69) is 10.6 Å². The van der Waals surface area contributed by atoms with Crippen LogP contribution < -0.4 is 16.4 Å². The van der Waals surface area contributed by atoms with Crippen molar-refractivity contribution in [2.45, 2.75) is 18.9 Å². The molecule has 6 nitrogen and oxygen atoms in total. The number of benzene rings is 1. The van der Waals surface area contributed by atoms with Gasteiger partial charge in [0.15, 0.2) is 0 Å². The fraction of sp³-hybridized carbons (Fsp3) is 0.250. The summed E-state index contributed by atoms with van der Waals surface area (Å²) >= 11 is 5.90. The number of rotatable bonds is 2. The molecule has 0 aromatic heterocycles. The van der Waals surface area contributed by atoms with E-state index in [4.69, 9.17) is 17.3 Å². The number of nitrogens with two attached hydrogens (primary N) is 1. The van der Waals surface area contributed by atoms with Crippen LogP contribution in [0.5, 0.6) is 0 Å². The minimum atomic E-state index is -0.734. The maximum Gasteiger partial charge on any atom is 0.253 e. The van der Waals surface area contributed by atoms with Gasteiger partial charge in [0.25, 0.3) is 5.91 Å². The van der Waals surface area contributed by atoms with Crippen molar-refractivity contribution < 1.29 is 14.4 Å². The Bertz CT molecular complexity index is 559. The van der Waals surface area contributed by atoms with Gasteiger partial charge in [0, 0.05) is 12.1 Å². The Morgan fingerprint density at radius 2 is 2.16 bits per heavy atom. The predicted octanol–water partition coefficient (Wildman–Crippen LogP) is 0.457. The van der Waals surface area contributed by atoms with Crippen LogP contribution in [0.1, 0.15) is 23.2 Å². The first-order valence-corrected chi connectivity index (χ1v) is 6.05. The summed E-state index contributed by atoms with van der Waals surface area (Å²) in [6, 6.07) is 3.79. The third kappa shape index (κ3) is 3.03. The van der Waals surface area contributed by atoms with Crippen LogP contribution in [0.25, 0.3) is 0 Å². The van der Waals surface area contributed by atoms with Gasteiger partial charge in [0.1, 0.15) is 6.04 Å². The summed E-state index contributed by atoms with van der Waals surface area (Å²) in [5.41, 5.74) is 6.18. The summed E-state index contributed by atoms with van der Waals surface area (Å²) in [7, 11) is 0. The fourth-order valence-electron chi connectivity index (χ4n) is 1.78. The smallest absolute Gasteiger partial charge is 0.253 e. The van der Waals surface area contributed by atoms with E-state index in [0.717, 1.165) is 0 Å². The molecule has 1 saturated heterocycles. The average molecular weight is 282 g/mol. The van der Waals surface area contributed by atoms with E-state index in [9.17, 15) is 14.4 Å². The molecule has 1 aromatic carbocycles. The third-order valence-electron chi connectivity index (χ3n) is 2.78. The topological polar surface area (TPSA) is 101 Å². The van der Waals surface area contributed by atoms with Crippen LogP contribution in [0.2, 0.25) is 5.02 Å². The van der Waals surface area contributed by atoms with Crippen molar-refractivity contribution in [1.82, 2.24) is 10.6 Å². The van der Waals surface area contributed by atoms with Gasteiger partial charge >= 0.3 is 0 Å². The number of anilines is 1. The summed E-state index contributed by atoms with van der Waals surface area (Å²) < 4.78 is 0. The first-order valence-electron chi connectivity index (χ1n) is 5.67. The van der Waals surface area contributed by atoms with E-state index in [-0.39, 0.29) is 29.3 Å². The van der Waals surface area contributed by atoms with Crippen LogP contribution in [0.3, 0.4) is 0 Å². The second-order valence-electron chi connectivity index (χ2n) is 4.22. The standard InChI is InChI=1S/C12H12ClN3O3/c13-8-2-1-6(14)5-7(8)11(18)15-9-3-4-10(17)16-12(9)19/h1-2,5,9H,3-4,14H2,(H,15,18)(H,16,17,19). The predicted molar refractivity (Wildman–Crippen MR) is 69.5 cm³/mol. The second-order valence-corrected chi connectivity index (χ2v) is 4.62. The monoisotopic (exact) mass is 281 g/mol. The molecule has 0 radical (unpaired) electrons. The molecule has 1 unspecified atom stereocenters. The molecule has 1 aromatic rings. The molecule has 100 valence electrons. The number of imide groups is 1. The molecule has 0 bridgehead atoms. The lowest BCUT2D eigenvalue weighted by molar-refractivity contribution is -0.134. The molecule has 7 heteroatoms. The Morgan fingerprint density at radius 1 is 1.42 bits per heavy atom. The summed E-state index contributed by atoms with van der Waals surface area (Å²) in [4.78, 5) is 34.5. The molecule has 1 fully saturated rings. The molecule has 1 heterocycles. The van der Waals surface area contributed by atoms with E-state index in [1.54, 1.807) is 6.07 Å². The maximum atomic E-state index is 12.0. The van der Waals surface area contributed by atoms with Crippen molar-refractivity contribution in [3.8, 4) is 0 Å². The quantitative estimate of drug-likeness (QED) is 0.541. The van der Waals surface area contributed by atoms with Crippen molar-refractivity contribution in [2.75, 3.05) is 5.73 Å². The van der Waals surface area contributed by atoms with E-state index in [1.807, 2.05) is 0 Å². The van der Waals surface area contributed by atoms with Gasteiger partial charge in [-0.15, -0.1) is 0 Å². The number of nitrogen functional groups attached to an aromatic ring is 1. The van der Waals surface area contributed by atoms with E-state index in [0.29, 0.717) is 5.69 Å². The van der Waals surface area contributed by atoms with E-state index >= 15 is 0 Å². The first-order chi connectivity index (χ1) is 8.97. The number of hydrogen-bond donors (Lipinski definition) is 3. The highest BCUT2D eigenvalue weighted by atomic mass is 35.5. The van der Waals surface area contributed by atoms with Gasteiger partial charge in [-0.05, 0) is 24.6 Å². The number of piperidine rings is 1. The molecule has 1 atom stereocenters. The van der Waals surface area contributed by atoms with Gasteiger partial charge in [-0.1, -0.05) is 11.6 Å². The molecule has 4 N–H and O–H groups in total. The summed E-state index contributed by atoms with van der Waals surface area (Å²) in [6.45, 7) is 0. The SMILES string of the molecule is Nc1ccc(Cl)c(C(=O)NC2CCC(=O)NC2=O)c1. The zero-order valence-electron chi connectivity index (χ0n) is 9.90. The Morgan fingerprint density at radius 3 is 2.84 bits per heavy atom. The molecule has 2 rings (SSSR count). The highest BCUT2D eigenvalue weighted by Gasteiger charge is 2.28. The molecular formula is C12H12ClN3O3. The van der Waals surface area contributed by atoms with Gasteiger partial charge in [0.05, 0.1) is 10.6 Å². The normalized spacial score (nSPS) is 18.9. The van der Waals surface area contributed by atoms with Crippen molar-refractivity contribution in [3.05, 3.63) is 28.8 Å². The largest absolute Gasteiger partial charge is 0.399 e. The minimum absolute atomic E-state index is 0.196. The Kier molecular flexibility index (Phi) is 3.71. The molecule has 0 spiro atoms. The molecule has 1 aliphatic rings. The third-order valence-corrected chi connectivity index (χ3v) is 3.11. The van der Waals surface area contributed by atoms with Gasteiger partial charge in [-0.3, -0.25) is 19.7 Å². The summed E-state index contributed by atoms with van der Waals surface area (Å²) in [5.74, 6) is -1.34. The number of hydrogen-bond acceptors (Lipinski definition) is 4. The molecule has 0 aliphatic carbocycles. The maximum absolute atomic E-state index is 12.0. The fourth-order valence-corrected chi connectivity index (χ4v) is 1.99. The lowest BCUT2D eigenvalue weighted by Gasteiger charge is -2.22. The van der Waals surface area contributed by atoms with Crippen LogP contribution in [-0.4, -0.2) is 23.8 Å². The van der Waals surface area contributed by atoms with E-state index < -0.39 is 17.9 Å². The molecule has 1 aliphatic heterocycles. The number of carbonyl (C=O) groups excluding carboxylic acids is 3. The first kappa shape index (κ1) is 13.4. The van der Waals surface area contributed by atoms with Gasteiger partial charge in [-0.2, -0.15) is 0 Å². The van der Waals surface area contributed by atoms with Crippen molar-refractivity contribution in [3.63, 3.8) is 0 Å². The number of carbonyl (C=O) groups is 3. The Balaban J connectivity index is 2.11. The van der Waals surface area contributed by atoms with Gasteiger partial charge < -0.3 is 11.1 Å². The zero-order chi connectivity index (χ0) is 14.0. The van der Waals surface area contributed by atoms with Crippen molar-refractivity contribution >= 4 is 35.0 Å². The van der Waals surface area contributed by atoms with Crippen LogP contribution in [-0.2, 0) is 9.59 Å². The highest BCUT2D eigenvalue weighted by molar-refractivity contribution is 6.34. The number of halogens is 1. The Hall–Kier alpha value is -2.08. The lowest BCUT2D eigenvalue weighted by Crippen LogP contribution is -2.52. The number of amides is 3. The molecule has 19 heavy (non-hydrogen) atoms. The zero-order valence-corrected chi connectivity index (χ0v) is 10.7. The van der Waals surface area contributed by atoms with Gasteiger partial charge in [-0.25, -0.2) is 0 Å². The van der Waals surface area contributed by atoms with Crippen LogP contribution >= 0.6 is 11.6 Å².